The van der Waals surface area contributed by atoms with Gasteiger partial charge >= 0.3 is 0 Å². The van der Waals surface area contributed by atoms with Crippen LogP contribution in [0, 0.1) is 0 Å². The van der Waals surface area contributed by atoms with E-state index in [1.54, 1.807) is 24.3 Å². The Bertz CT molecular complexity index is 718. The van der Waals surface area contributed by atoms with E-state index in [9.17, 15) is 14.7 Å². The minimum absolute atomic E-state index is 0.0122. The van der Waals surface area contributed by atoms with Crippen LogP contribution in [0.2, 0.25) is 10.0 Å². The number of halogens is 2. The van der Waals surface area contributed by atoms with Crippen LogP contribution in [0.1, 0.15) is 20.7 Å². The predicted octanol–water partition coefficient (Wildman–Crippen LogP) is 2.86. The second kappa shape index (κ2) is 7.85. The zero-order valence-corrected chi connectivity index (χ0v) is 13.5. The monoisotopic (exact) mass is 352 g/mol. The zero-order valence-electron chi connectivity index (χ0n) is 12.0. The first-order chi connectivity index (χ1) is 11.0. The Balaban J connectivity index is 1.79. The van der Waals surface area contributed by atoms with E-state index in [2.05, 4.69) is 10.6 Å². The fourth-order valence-electron chi connectivity index (χ4n) is 1.84. The maximum Gasteiger partial charge on any atom is 0.252 e. The van der Waals surface area contributed by atoms with E-state index in [0.29, 0.717) is 10.6 Å². The van der Waals surface area contributed by atoms with Crippen molar-refractivity contribution in [2.24, 2.45) is 0 Å². The van der Waals surface area contributed by atoms with Crippen LogP contribution in [0.5, 0.6) is 5.75 Å². The summed E-state index contributed by atoms with van der Waals surface area (Å²) in [6.45, 7) is 0.512. The number of carbonyl (C=O) groups is 2. The molecule has 0 aliphatic rings. The summed E-state index contributed by atoms with van der Waals surface area (Å²) in [5.74, 6) is -0.642. The Kier molecular flexibility index (Phi) is 5.84. The summed E-state index contributed by atoms with van der Waals surface area (Å²) in [6.07, 6.45) is 0. The number of nitrogens with one attached hydrogen (secondary N) is 2. The standard InChI is InChI=1S/C16H14Cl2N2O3/c17-11-3-1-10(2-4-11)15(22)19-7-8-20-16(23)13-6-5-12(21)9-14(13)18/h1-6,9,21H,7-8H2,(H,19,22)(H,20,23). The molecule has 0 atom stereocenters. The van der Waals surface area contributed by atoms with Crippen molar-refractivity contribution in [3.05, 3.63) is 63.6 Å². The van der Waals surface area contributed by atoms with Crippen molar-refractivity contribution >= 4 is 35.0 Å². The summed E-state index contributed by atoms with van der Waals surface area (Å²) in [4.78, 5) is 23.8. The van der Waals surface area contributed by atoms with Crippen LogP contribution >= 0.6 is 23.2 Å². The number of phenolic OH excluding ortho intramolecular Hbond substituents is 1. The molecular weight excluding hydrogens is 339 g/mol. The van der Waals surface area contributed by atoms with Gasteiger partial charge in [0.25, 0.3) is 11.8 Å². The third-order valence-corrected chi connectivity index (χ3v) is 3.56. The third kappa shape index (κ3) is 4.87. The number of hydrogen-bond donors (Lipinski definition) is 3. The van der Waals surface area contributed by atoms with Crippen molar-refractivity contribution in [3.63, 3.8) is 0 Å². The molecule has 2 rings (SSSR count). The number of amides is 2. The van der Waals surface area contributed by atoms with Crippen LogP contribution in [-0.4, -0.2) is 30.0 Å². The Morgan fingerprint density at radius 3 is 2.13 bits per heavy atom. The summed E-state index contributed by atoms with van der Waals surface area (Å²) >= 11 is 11.6. The number of hydrogen-bond acceptors (Lipinski definition) is 3. The fourth-order valence-corrected chi connectivity index (χ4v) is 2.23. The molecule has 7 heteroatoms. The highest BCUT2D eigenvalue weighted by Gasteiger charge is 2.10. The Morgan fingerprint density at radius 2 is 1.52 bits per heavy atom. The molecule has 2 aromatic carbocycles. The lowest BCUT2D eigenvalue weighted by Gasteiger charge is -2.08. The van der Waals surface area contributed by atoms with E-state index in [1.807, 2.05) is 0 Å². The van der Waals surface area contributed by atoms with E-state index < -0.39 is 0 Å². The third-order valence-electron chi connectivity index (χ3n) is 3.00. The van der Waals surface area contributed by atoms with Gasteiger partial charge in [-0.25, -0.2) is 0 Å². The van der Waals surface area contributed by atoms with Gasteiger partial charge in [0.1, 0.15) is 5.75 Å². The van der Waals surface area contributed by atoms with Gasteiger partial charge in [-0.2, -0.15) is 0 Å². The summed E-state index contributed by atoms with van der Waals surface area (Å²) in [6, 6.07) is 10.6. The minimum atomic E-state index is -0.379. The topological polar surface area (TPSA) is 78.4 Å². The SMILES string of the molecule is O=C(NCCNC(=O)c1ccc(O)cc1Cl)c1ccc(Cl)cc1. The van der Waals surface area contributed by atoms with Gasteiger partial charge < -0.3 is 15.7 Å². The number of benzene rings is 2. The lowest BCUT2D eigenvalue weighted by atomic mass is 10.2. The lowest BCUT2D eigenvalue weighted by molar-refractivity contribution is 0.0927. The van der Waals surface area contributed by atoms with E-state index in [0.717, 1.165) is 0 Å². The second-order valence-corrected chi connectivity index (χ2v) is 5.53. The van der Waals surface area contributed by atoms with Crippen LogP contribution in [-0.2, 0) is 0 Å². The van der Waals surface area contributed by atoms with Crippen LogP contribution in [0.15, 0.2) is 42.5 Å². The van der Waals surface area contributed by atoms with E-state index >= 15 is 0 Å². The van der Waals surface area contributed by atoms with Crippen molar-refractivity contribution in [2.45, 2.75) is 0 Å². The van der Waals surface area contributed by atoms with Crippen LogP contribution < -0.4 is 10.6 Å². The van der Waals surface area contributed by atoms with Gasteiger partial charge in [0.2, 0.25) is 0 Å². The number of aromatic hydroxyl groups is 1. The number of phenols is 1. The van der Waals surface area contributed by atoms with Crippen molar-refractivity contribution in [1.82, 2.24) is 10.6 Å². The van der Waals surface area contributed by atoms with Crippen molar-refractivity contribution in [1.29, 1.82) is 0 Å². The van der Waals surface area contributed by atoms with Gasteiger partial charge in [0.05, 0.1) is 10.6 Å². The average molecular weight is 353 g/mol. The van der Waals surface area contributed by atoms with Gasteiger partial charge in [-0.05, 0) is 42.5 Å². The molecule has 23 heavy (non-hydrogen) atoms. The number of carbonyl (C=O) groups excluding carboxylic acids is 2. The smallest absolute Gasteiger partial charge is 0.252 e. The van der Waals surface area contributed by atoms with Gasteiger partial charge in [0, 0.05) is 23.7 Å². The van der Waals surface area contributed by atoms with Crippen molar-refractivity contribution in [2.75, 3.05) is 13.1 Å². The van der Waals surface area contributed by atoms with Crippen LogP contribution in [0.4, 0.5) is 0 Å². The average Bonchev–Trinajstić information content (AvgIpc) is 2.51. The van der Waals surface area contributed by atoms with Gasteiger partial charge in [-0.3, -0.25) is 9.59 Å². The molecule has 5 nitrogen and oxygen atoms in total. The molecule has 0 bridgehead atoms. The Morgan fingerprint density at radius 1 is 0.913 bits per heavy atom. The largest absolute Gasteiger partial charge is 0.508 e. The molecule has 0 aliphatic carbocycles. The molecule has 0 spiro atoms. The lowest BCUT2D eigenvalue weighted by Crippen LogP contribution is -2.34. The zero-order chi connectivity index (χ0) is 16.8. The van der Waals surface area contributed by atoms with Crippen LogP contribution in [0.3, 0.4) is 0 Å². The second-order valence-electron chi connectivity index (χ2n) is 4.68. The molecule has 0 saturated carbocycles. The number of rotatable bonds is 5. The van der Waals surface area contributed by atoms with E-state index in [4.69, 9.17) is 23.2 Å². The minimum Gasteiger partial charge on any atom is -0.508 e. The van der Waals surface area contributed by atoms with Gasteiger partial charge in [0.15, 0.2) is 0 Å². The van der Waals surface area contributed by atoms with E-state index in [1.165, 1.54) is 18.2 Å². The molecule has 2 aromatic rings. The maximum absolute atomic E-state index is 11.9. The molecule has 0 aliphatic heterocycles. The van der Waals surface area contributed by atoms with Crippen molar-refractivity contribution < 1.29 is 14.7 Å². The first kappa shape index (κ1) is 17.1. The molecule has 0 aromatic heterocycles. The molecular formula is C16H14Cl2N2O3. The summed E-state index contributed by atoms with van der Waals surface area (Å²) in [5, 5.41) is 15.3. The summed E-state index contributed by atoms with van der Waals surface area (Å²) in [5.41, 5.74) is 0.746. The Hall–Kier alpha value is -2.24. The molecule has 120 valence electrons. The Labute approximate surface area is 143 Å². The molecule has 0 unspecified atom stereocenters. The highest BCUT2D eigenvalue weighted by atomic mass is 35.5. The molecule has 0 radical (unpaired) electrons. The normalized spacial score (nSPS) is 10.2. The predicted molar refractivity (Wildman–Crippen MR) is 89.2 cm³/mol. The highest BCUT2D eigenvalue weighted by Crippen LogP contribution is 2.21. The van der Waals surface area contributed by atoms with Gasteiger partial charge in [-0.1, -0.05) is 23.2 Å². The van der Waals surface area contributed by atoms with Gasteiger partial charge in [-0.15, -0.1) is 0 Å². The summed E-state index contributed by atoms with van der Waals surface area (Å²) < 4.78 is 0. The first-order valence-corrected chi connectivity index (χ1v) is 7.53. The quantitative estimate of drug-likeness (QED) is 0.724. The highest BCUT2D eigenvalue weighted by molar-refractivity contribution is 6.34. The fraction of sp³-hybridized carbons (Fsp3) is 0.125. The molecule has 0 heterocycles. The molecule has 3 N–H and O–H groups in total. The maximum atomic E-state index is 11.9. The molecule has 0 fully saturated rings. The first-order valence-electron chi connectivity index (χ1n) is 6.78. The molecule has 0 saturated heterocycles. The van der Waals surface area contributed by atoms with E-state index in [-0.39, 0.29) is 41.2 Å². The molecule has 2 amide bonds. The summed E-state index contributed by atoms with van der Waals surface area (Å²) in [7, 11) is 0. The van der Waals surface area contributed by atoms with Crippen molar-refractivity contribution in [3.8, 4) is 5.75 Å². The van der Waals surface area contributed by atoms with Crippen LogP contribution in [0.25, 0.3) is 0 Å².